The third kappa shape index (κ3) is 2.95. The van der Waals surface area contributed by atoms with Gasteiger partial charge in [-0.1, -0.05) is 42.5 Å². The Balaban J connectivity index is 2.33. The first-order valence-electron chi connectivity index (χ1n) is 6.68. The molecule has 2 rings (SSSR count). The fraction of sp³-hybridized carbons (Fsp3) is 0.353. The van der Waals surface area contributed by atoms with E-state index in [1.807, 2.05) is 39.0 Å². The second kappa shape index (κ2) is 5.43. The molecule has 0 fully saturated rings. The van der Waals surface area contributed by atoms with Crippen molar-refractivity contribution in [3.05, 3.63) is 48.0 Å². The predicted molar refractivity (Wildman–Crippen MR) is 78.1 cm³/mol. The van der Waals surface area contributed by atoms with E-state index in [2.05, 4.69) is 24.3 Å². The molecular weight excluding hydrogens is 236 g/mol. The monoisotopic (exact) mass is 256 g/mol. The van der Waals surface area contributed by atoms with E-state index in [0.717, 1.165) is 0 Å². The Labute approximate surface area is 114 Å². The van der Waals surface area contributed by atoms with Gasteiger partial charge >= 0.3 is 5.97 Å². The molecule has 0 unspecified atom stereocenters. The number of esters is 1. The lowest BCUT2D eigenvalue weighted by Crippen LogP contribution is -2.29. The smallest absolute Gasteiger partial charge is 0.311 e. The lowest BCUT2D eigenvalue weighted by molar-refractivity contribution is -0.153. The van der Waals surface area contributed by atoms with Gasteiger partial charge in [-0.3, -0.25) is 4.79 Å². The van der Waals surface area contributed by atoms with Gasteiger partial charge in [0.25, 0.3) is 0 Å². The minimum absolute atomic E-state index is 0.136. The molecule has 0 bridgehead atoms. The fourth-order valence-electron chi connectivity index (χ4n) is 2.32. The van der Waals surface area contributed by atoms with E-state index >= 15 is 0 Å². The molecule has 2 aromatic carbocycles. The first kappa shape index (κ1) is 13.6. The van der Waals surface area contributed by atoms with Crippen LogP contribution in [0.15, 0.2) is 42.5 Å². The van der Waals surface area contributed by atoms with Gasteiger partial charge in [-0.05, 0) is 43.5 Å². The molecule has 0 saturated carbocycles. The summed E-state index contributed by atoms with van der Waals surface area (Å²) in [4.78, 5) is 12.0. The SMILES string of the molecule is CCOC(=O)C(C)(C)Cc1cccc2ccccc12. The van der Waals surface area contributed by atoms with Crippen LogP contribution in [0.2, 0.25) is 0 Å². The van der Waals surface area contributed by atoms with Crippen LogP contribution in [0.5, 0.6) is 0 Å². The molecule has 0 aliphatic rings. The second-order valence-electron chi connectivity index (χ2n) is 5.42. The fourth-order valence-corrected chi connectivity index (χ4v) is 2.32. The van der Waals surface area contributed by atoms with Crippen molar-refractivity contribution in [2.24, 2.45) is 5.41 Å². The third-order valence-corrected chi connectivity index (χ3v) is 3.34. The van der Waals surface area contributed by atoms with E-state index in [1.165, 1.54) is 16.3 Å². The van der Waals surface area contributed by atoms with Gasteiger partial charge in [-0.2, -0.15) is 0 Å². The average Bonchev–Trinajstić information content (AvgIpc) is 2.39. The highest BCUT2D eigenvalue weighted by atomic mass is 16.5. The summed E-state index contributed by atoms with van der Waals surface area (Å²) in [7, 11) is 0. The topological polar surface area (TPSA) is 26.3 Å². The van der Waals surface area contributed by atoms with Gasteiger partial charge in [0, 0.05) is 0 Å². The Kier molecular flexibility index (Phi) is 3.89. The number of benzene rings is 2. The van der Waals surface area contributed by atoms with Crippen LogP contribution in [0.1, 0.15) is 26.3 Å². The van der Waals surface area contributed by atoms with E-state index in [-0.39, 0.29) is 5.97 Å². The Hall–Kier alpha value is -1.83. The molecule has 0 N–H and O–H groups in total. The number of fused-ring (bicyclic) bond motifs is 1. The number of hydrogen-bond acceptors (Lipinski definition) is 2. The lowest BCUT2D eigenvalue weighted by Gasteiger charge is -2.23. The summed E-state index contributed by atoms with van der Waals surface area (Å²) in [5, 5.41) is 2.42. The van der Waals surface area contributed by atoms with E-state index in [9.17, 15) is 4.79 Å². The van der Waals surface area contributed by atoms with Crippen LogP contribution in [-0.2, 0) is 16.0 Å². The maximum atomic E-state index is 12.0. The van der Waals surface area contributed by atoms with Crippen LogP contribution < -0.4 is 0 Å². The predicted octanol–water partition coefficient (Wildman–Crippen LogP) is 3.97. The molecule has 2 heteroatoms. The summed E-state index contributed by atoms with van der Waals surface area (Å²) in [6.07, 6.45) is 0.688. The summed E-state index contributed by atoms with van der Waals surface area (Å²) in [6.45, 7) is 6.14. The zero-order valence-electron chi connectivity index (χ0n) is 11.8. The van der Waals surface area contributed by atoms with Crippen molar-refractivity contribution in [3.63, 3.8) is 0 Å². The molecule has 2 nitrogen and oxygen atoms in total. The summed E-state index contributed by atoms with van der Waals surface area (Å²) in [5.41, 5.74) is 0.691. The quantitative estimate of drug-likeness (QED) is 0.774. The first-order valence-corrected chi connectivity index (χ1v) is 6.68. The molecule has 0 aliphatic carbocycles. The lowest BCUT2D eigenvalue weighted by atomic mass is 9.84. The van der Waals surface area contributed by atoms with Gasteiger partial charge in [0.05, 0.1) is 12.0 Å². The van der Waals surface area contributed by atoms with Gasteiger partial charge in [0.15, 0.2) is 0 Å². The number of carbonyl (C=O) groups excluding carboxylic acids is 1. The number of carbonyl (C=O) groups is 1. The molecule has 0 saturated heterocycles. The standard InChI is InChI=1S/C17H20O2/c1-4-19-16(18)17(2,3)12-14-10-7-9-13-8-5-6-11-15(13)14/h5-11H,4,12H2,1-3H3. The summed E-state index contributed by atoms with van der Waals surface area (Å²) in [6, 6.07) is 14.5. The average molecular weight is 256 g/mol. The summed E-state index contributed by atoms with van der Waals surface area (Å²) in [5.74, 6) is -0.136. The summed E-state index contributed by atoms with van der Waals surface area (Å²) >= 11 is 0. The van der Waals surface area contributed by atoms with E-state index in [0.29, 0.717) is 13.0 Å². The first-order chi connectivity index (χ1) is 9.04. The number of ether oxygens (including phenoxy) is 1. The van der Waals surface area contributed by atoms with Crippen molar-refractivity contribution in [3.8, 4) is 0 Å². The highest BCUT2D eigenvalue weighted by Crippen LogP contribution is 2.28. The van der Waals surface area contributed by atoms with Gasteiger partial charge in [-0.15, -0.1) is 0 Å². The van der Waals surface area contributed by atoms with E-state index in [4.69, 9.17) is 4.74 Å². The van der Waals surface area contributed by atoms with Crippen molar-refractivity contribution in [2.45, 2.75) is 27.2 Å². The van der Waals surface area contributed by atoms with E-state index < -0.39 is 5.41 Å². The maximum Gasteiger partial charge on any atom is 0.311 e. The summed E-state index contributed by atoms with van der Waals surface area (Å²) < 4.78 is 5.15. The van der Waals surface area contributed by atoms with Crippen molar-refractivity contribution in [1.82, 2.24) is 0 Å². The van der Waals surface area contributed by atoms with Gasteiger partial charge in [-0.25, -0.2) is 0 Å². The minimum atomic E-state index is -0.500. The Morgan fingerprint density at radius 2 is 1.79 bits per heavy atom. The molecule has 0 atom stereocenters. The van der Waals surface area contributed by atoms with Gasteiger partial charge in [0.1, 0.15) is 0 Å². The minimum Gasteiger partial charge on any atom is -0.466 e. The van der Waals surface area contributed by atoms with Crippen LogP contribution in [-0.4, -0.2) is 12.6 Å². The zero-order chi connectivity index (χ0) is 13.9. The van der Waals surface area contributed by atoms with E-state index in [1.54, 1.807) is 0 Å². The molecule has 0 heterocycles. The maximum absolute atomic E-state index is 12.0. The van der Waals surface area contributed by atoms with Gasteiger partial charge in [0.2, 0.25) is 0 Å². The molecule has 0 aromatic heterocycles. The molecule has 100 valence electrons. The number of rotatable bonds is 4. The zero-order valence-corrected chi connectivity index (χ0v) is 11.8. The molecular formula is C17H20O2. The highest BCUT2D eigenvalue weighted by Gasteiger charge is 2.29. The molecule has 0 radical (unpaired) electrons. The van der Waals surface area contributed by atoms with Crippen molar-refractivity contribution in [2.75, 3.05) is 6.61 Å². The van der Waals surface area contributed by atoms with Crippen molar-refractivity contribution < 1.29 is 9.53 Å². The van der Waals surface area contributed by atoms with Crippen molar-refractivity contribution >= 4 is 16.7 Å². The molecule has 2 aromatic rings. The normalized spacial score (nSPS) is 11.5. The Morgan fingerprint density at radius 3 is 2.53 bits per heavy atom. The van der Waals surface area contributed by atoms with Crippen LogP contribution in [0.25, 0.3) is 10.8 Å². The third-order valence-electron chi connectivity index (χ3n) is 3.34. The van der Waals surface area contributed by atoms with Crippen LogP contribution in [0, 0.1) is 5.41 Å². The largest absolute Gasteiger partial charge is 0.466 e. The van der Waals surface area contributed by atoms with Crippen LogP contribution >= 0.6 is 0 Å². The Bertz CT molecular complexity index is 579. The Morgan fingerprint density at radius 1 is 1.11 bits per heavy atom. The molecule has 19 heavy (non-hydrogen) atoms. The second-order valence-corrected chi connectivity index (χ2v) is 5.42. The number of hydrogen-bond donors (Lipinski definition) is 0. The van der Waals surface area contributed by atoms with Gasteiger partial charge < -0.3 is 4.74 Å². The highest BCUT2D eigenvalue weighted by molar-refractivity contribution is 5.86. The molecule has 0 amide bonds. The molecule has 0 spiro atoms. The van der Waals surface area contributed by atoms with Crippen LogP contribution in [0.3, 0.4) is 0 Å². The molecule has 0 aliphatic heterocycles. The van der Waals surface area contributed by atoms with Crippen LogP contribution in [0.4, 0.5) is 0 Å². The van der Waals surface area contributed by atoms with Crippen molar-refractivity contribution in [1.29, 1.82) is 0 Å².